The molecule has 0 unspecified atom stereocenters. The van der Waals surface area contributed by atoms with Crippen molar-refractivity contribution in [1.82, 2.24) is 4.90 Å². The van der Waals surface area contributed by atoms with E-state index in [0.717, 1.165) is 36.0 Å². The van der Waals surface area contributed by atoms with Gasteiger partial charge in [0.05, 0.1) is 29.8 Å². The van der Waals surface area contributed by atoms with Crippen molar-refractivity contribution < 1.29 is 27.4 Å². The van der Waals surface area contributed by atoms with Gasteiger partial charge in [-0.1, -0.05) is 6.07 Å². The van der Waals surface area contributed by atoms with Crippen molar-refractivity contribution in [3.8, 4) is 11.5 Å². The molecule has 0 saturated carbocycles. The zero-order valence-electron chi connectivity index (χ0n) is 18.7. The third kappa shape index (κ3) is 5.07. The van der Waals surface area contributed by atoms with Crippen LogP contribution in [0.2, 0.25) is 0 Å². The molecule has 4 rings (SSSR count). The van der Waals surface area contributed by atoms with E-state index in [1.807, 2.05) is 32.0 Å². The zero-order chi connectivity index (χ0) is 22.9. The maximum absolute atomic E-state index is 13.4. The summed E-state index contributed by atoms with van der Waals surface area (Å²) in [5, 5.41) is 0. The largest absolute Gasteiger partial charge is 0.490 e. The molecule has 8 heteroatoms. The van der Waals surface area contributed by atoms with Crippen LogP contribution in [0.15, 0.2) is 41.3 Å². The molecule has 0 radical (unpaired) electrons. The first-order valence-corrected chi connectivity index (χ1v) is 12.8. The molecule has 1 fully saturated rings. The molecule has 1 amide bonds. The number of ether oxygens (including phenoxy) is 3. The molecule has 0 atom stereocenters. The van der Waals surface area contributed by atoms with Crippen molar-refractivity contribution in [3.05, 3.63) is 53.1 Å². The number of carbonyl (C=O) groups excluding carboxylic acids is 1. The lowest BCUT2D eigenvalue weighted by Gasteiger charge is -2.23. The maximum atomic E-state index is 13.4. The number of hydrogen-bond acceptors (Lipinski definition) is 6. The van der Waals surface area contributed by atoms with Crippen molar-refractivity contribution in [2.45, 2.75) is 56.9 Å². The fourth-order valence-corrected chi connectivity index (χ4v) is 4.66. The molecule has 0 aliphatic carbocycles. The maximum Gasteiger partial charge on any atom is 0.258 e. The summed E-state index contributed by atoms with van der Waals surface area (Å²) in [6.45, 7) is 6.05. The van der Waals surface area contributed by atoms with E-state index in [9.17, 15) is 13.2 Å². The highest BCUT2D eigenvalue weighted by molar-refractivity contribution is 7.90. The lowest BCUT2D eigenvalue weighted by atomic mass is 10.1. The number of rotatable bonds is 6. The topological polar surface area (TPSA) is 82.1 Å². The van der Waals surface area contributed by atoms with E-state index in [1.54, 1.807) is 11.0 Å². The Morgan fingerprint density at radius 2 is 1.78 bits per heavy atom. The van der Waals surface area contributed by atoms with Crippen molar-refractivity contribution in [1.29, 1.82) is 0 Å². The lowest BCUT2D eigenvalue weighted by Crippen LogP contribution is -2.26. The minimum atomic E-state index is -3.45. The Bertz CT molecular complexity index is 1110. The third-order valence-electron chi connectivity index (χ3n) is 5.63. The van der Waals surface area contributed by atoms with Gasteiger partial charge in [0.2, 0.25) is 0 Å². The van der Waals surface area contributed by atoms with Crippen molar-refractivity contribution in [2.75, 3.05) is 19.5 Å². The van der Waals surface area contributed by atoms with Crippen LogP contribution in [0.25, 0.3) is 0 Å². The van der Waals surface area contributed by atoms with Crippen LogP contribution in [0, 0.1) is 0 Å². The summed E-state index contributed by atoms with van der Waals surface area (Å²) in [6, 6.07) is 10.4. The molecule has 172 valence electrons. The Balaban J connectivity index is 1.55. The molecule has 2 aliphatic rings. The molecule has 7 nitrogen and oxygen atoms in total. The summed E-state index contributed by atoms with van der Waals surface area (Å²) < 4.78 is 41.4. The van der Waals surface area contributed by atoms with Crippen molar-refractivity contribution in [3.63, 3.8) is 0 Å². The van der Waals surface area contributed by atoms with E-state index >= 15 is 0 Å². The second-order valence-corrected chi connectivity index (χ2v) is 10.6. The number of fused-ring (bicyclic) bond motifs is 1. The molecule has 0 spiro atoms. The molecule has 2 aromatic carbocycles. The summed E-state index contributed by atoms with van der Waals surface area (Å²) in [5.74, 6) is 0.930. The predicted molar refractivity (Wildman–Crippen MR) is 120 cm³/mol. The predicted octanol–water partition coefficient (Wildman–Crippen LogP) is 3.59. The number of carbonyl (C=O) groups is 1. The first-order chi connectivity index (χ1) is 15.2. The van der Waals surface area contributed by atoms with Crippen LogP contribution in [0.1, 0.15) is 48.2 Å². The van der Waals surface area contributed by atoms with Gasteiger partial charge in [0.25, 0.3) is 5.91 Å². The molecule has 2 heterocycles. The zero-order valence-corrected chi connectivity index (χ0v) is 19.5. The Morgan fingerprint density at radius 1 is 1.06 bits per heavy atom. The van der Waals surface area contributed by atoms with Crippen LogP contribution in [0.5, 0.6) is 11.5 Å². The molecular formula is C24H29NO6S. The minimum Gasteiger partial charge on any atom is -0.490 e. The highest BCUT2D eigenvalue weighted by Gasteiger charge is 2.28. The minimum absolute atomic E-state index is 0.0980. The Kier molecular flexibility index (Phi) is 6.44. The number of sulfone groups is 1. The van der Waals surface area contributed by atoms with Gasteiger partial charge in [0, 0.05) is 32.2 Å². The fraction of sp³-hybridized carbons (Fsp3) is 0.458. The first-order valence-electron chi connectivity index (χ1n) is 10.9. The van der Waals surface area contributed by atoms with Crippen LogP contribution in [-0.2, 0) is 27.7 Å². The molecule has 2 aliphatic heterocycles. The number of benzene rings is 2. The summed E-state index contributed by atoms with van der Waals surface area (Å²) in [7, 11) is -3.45. The number of hydrogen-bond donors (Lipinski definition) is 0. The standard InChI is InChI=1S/C24H29NO6S/c1-16(2)30-23-7-6-21(32(3,27)28)13-22(23)24(26)25-14-17-4-5-20(12-18(17)15-25)31-19-8-10-29-11-9-19/h4-7,12-13,16,19H,8-11,14-15H2,1-3H3. The van der Waals surface area contributed by atoms with E-state index in [1.165, 1.54) is 12.1 Å². The normalized spacial score (nSPS) is 16.8. The average molecular weight is 460 g/mol. The van der Waals surface area contributed by atoms with Crippen LogP contribution >= 0.6 is 0 Å². The Hall–Kier alpha value is -2.58. The SMILES string of the molecule is CC(C)Oc1ccc(S(C)(=O)=O)cc1C(=O)N1Cc2ccc(OC3CCOCC3)cc2C1. The fourth-order valence-electron chi connectivity index (χ4n) is 4.01. The Labute approximate surface area is 189 Å². The number of amides is 1. The molecular weight excluding hydrogens is 430 g/mol. The van der Waals surface area contributed by atoms with E-state index in [-0.39, 0.29) is 28.6 Å². The average Bonchev–Trinajstić information content (AvgIpc) is 3.16. The van der Waals surface area contributed by atoms with Crippen LogP contribution in [-0.4, -0.2) is 50.9 Å². The highest BCUT2D eigenvalue weighted by atomic mass is 32.2. The molecule has 0 bridgehead atoms. The molecule has 32 heavy (non-hydrogen) atoms. The van der Waals surface area contributed by atoms with E-state index < -0.39 is 9.84 Å². The monoisotopic (exact) mass is 459 g/mol. The van der Waals surface area contributed by atoms with E-state index in [4.69, 9.17) is 14.2 Å². The second-order valence-electron chi connectivity index (χ2n) is 8.62. The van der Waals surface area contributed by atoms with Gasteiger partial charge >= 0.3 is 0 Å². The van der Waals surface area contributed by atoms with Gasteiger partial charge in [0.1, 0.15) is 17.6 Å². The van der Waals surface area contributed by atoms with Crippen molar-refractivity contribution >= 4 is 15.7 Å². The second kappa shape index (κ2) is 9.11. The smallest absolute Gasteiger partial charge is 0.258 e. The van der Waals surface area contributed by atoms with Gasteiger partial charge in [-0.25, -0.2) is 8.42 Å². The summed E-state index contributed by atoms with van der Waals surface area (Å²) in [5.41, 5.74) is 2.35. The third-order valence-corrected chi connectivity index (χ3v) is 6.74. The Morgan fingerprint density at radius 3 is 2.47 bits per heavy atom. The quantitative estimate of drug-likeness (QED) is 0.657. The van der Waals surface area contributed by atoms with Gasteiger partial charge in [-0.2, -0.15) is 0 Å². The summed E-state index contributed by atoms with van der Waals surface area (Å²) in [4.78, 5) is 15.2. The van der Waals surface area contributed by atoms with Crippen molar-refractivity contribution in [2.24, 2.45) is 0 Å². The molecule has 2 aromatic rings. The van der Waals surface area contributed by atoms with Crippen LogP contribution < -0.4 is 9.47 Å². The van der Waals surface area contributed by atoms with Gasteiger partial charge in [0.15, 0.2) is 9.84 Å². The molecule has 1 saturated heterocycles. The van der Waals surface area contributed by atoms with E-state index in [2.05, 4.69) is 0 Å². The van der Waals surface area contributed by atoms with Crippen LogP contribution in [0.4, 0.5) is 0 Å². The first kappa shape index (κ1) is 22.6. The number of nitrogens with zero attached hydrogens (tertiary/aromatic N) is 1. The highest BCUT2D eigenvalue weighted by Crippen LogP contribution is 2.32. The van der Waals surface area contributed by atoms with Gasteiger partial charge in [-0.05, 0) is 55.3 Å². The van der Waals surface area contributed by atoms with E-state index in [0.29, 0.717) is 32.1 Å². The van der Waals surface area contributed by atoms with Gasteiger partial charge in [-0.15, -0.1) is 0 Å². The van der Waals surface area contributed by atoms with Gasteiger partial charge in [-0.3, -0.25) is 4.79 Å². The summed E-state index contributed by atoms with van der Waals surface area (Å²) in [6.07, 6.45) is 2.88. The lowest BCUT2D eigenvalue weighted by molar-refractivity contribution is 0.0255. The molecule has 0 N–H and O–H groups in total. The van der Waals surface area contributed by atoms with Crippen LogP contribution in [0.3, 0.4) is 0 Å². The van der Waals surface area contributed by atoms with Gasteiger partial charge < -0.3 is 19.1 Å². The molecule has 0 aromatic heterocycles. The summed E-state index contributed by atoms with van der Waals surface area (Å²) >= 11 is 0.